The van der Waals surface area contributed by atoms with Gasteiger partial charge < -0.3 is 10.6 Å². The van der Waals surface area contributed by atoms with Crippen molar-refractivity contribution in [3.63, 3.8) is 0 Å². The van der Waals surface area contributed by atoms with E-state index in [9.17, 15) is 4.79 Å². The van der Waals surface area contributed by atoms with E-state index in [0.717, 1.165) is 11.4 Å². The fraction of sp³-hybridized carbons (Fsp3) is 0.267. The molecule has 0 bridgehead atoms. The number of hydrogen-bond acceptors (Lipinski definition) is 4. The molecule has 102 valence electrons. The van der Waals surface area contributed by atoms with Crippen molar-refractivity contribution >= 4 is 11.7 Å². The lowest BCUT2D eigenvalue weighted by molar-refractivity contribution is 0.0945. The second kappa shape index (κ2) is 5.69. The zero-order valence-electron chi connectivity index (χ0n) is 11.0. The molecule has 5 nitrogen and oxygen atoms in total. The summed E-state index contributed by atoms with van der Waals surface area (Å²) in [5, 5.41) is 14.0. The van der Waals surface area contributed by atoms with Crippen LogP contribution in [0.25, 0.3) is 0 Å². The topological polar surface area (TPSA) is 66.9 Å². The van der Waals surface area contributed by atoms with E-state index in [0.29, 0.717) is 18.3 Å². The number of nitrogens with zero attached hydrogens (tertiary/aromatic N) is 2. The highest BCUT2D eigenvalue weighted by molar-refractivity contribution is 5.92. The molecular formula is C15H16N4O. The van der Waals surface area contributed by atoms with E-state index in [-0.39, 0.29) is 5.91 Å². The molecule has 0 spiro atoms. The average molecular weight is 268 g/mol. The number of anilines is 1. The summed E-state index contributed by atoms with van der Waals surface area (Å²) < 4.78 is 0. The Morgan fingerprint density at radius 3 is 2.55 bits per heavy atom. The van der Waals surface area contributed by atoms with E-state index < -0.39 is 0 Å². The quantitative estimate of drug-likeness (QED) is 0.870. The first-order valence-corrected chi connectivity index (χ1v) is 6.73. The Labute approximate surface area is 117 Å². The molecular weight excluding hydrogens is 252 g/mol. The third-order valence-corrected chi connectivity index (χ3v) is 3.12. The number of carbonyl (C=O) groups is 1. The molecule has 1 fully saturated rings. The van der Waals surface area contributed by atoms with Crippen LogP contribution in [0.15, 0.2) is 42.5 Å². The molecule has 1 amide bonds. The first kappa shape index (κ1) is 12.6. The van der Waals surface area contributed by atoms with Gasteiger partial charge in [0, 0.05) is 12.6 Å². The van der Waals surface area contributed by atoms with Gasteiger partial charge in [0.2, 0.25) is 0 Å². The molecule has 1 aliphatic rings. The van der Waals surface area contributed by atoms with Crippen LogP contribution in [0.1, 0.15) is 28.9 Å². The Morgan fingerprint density at radius 2 is 1.90 bits per heavy atom. The molecule has 5 heteroatoms. The summed E-state index contributed by atoms with van der Waals surface area (Å²) in [6, 6.07) is 13.8. The van der Waals surface area contributed by atoms with Crippen molar-refractivity contribution in [1.82, 2.24) is 15.5 Å². The van der Waals surface area contributed by atoms with Gasteiger partial charge in [0.1, 0.15) is 5.82 Å². The zero-order valence-corrected chi connectivity index (χ0v) is 11.0. The minimum absolute atomic E-state index is 0.209. The van der Waals surface area contributed by atoms with Crippen LogP contribution < -0.4 is 10.6 Å². The molecule has 3 rings (SSSR count). The first-order valence-electron chi connectivity index (χ1n) is 6.73. The van der Waals surface area contributed by atoms with Crippen molar-refractivity contribution in [3.8, 4) is 0 Å². The normalized spacial score (nSPS) is 13.8. The number of benzene rings is 1. The van der Waals surface area contributed by atoms with Gasteiger partial charge in [-0.25, -0.2) is 0 Å². The number of hydrogen-bond donors (Lipinski definition) is 2. The smallest absolute Gasteiger partial charge is 0.272 e. The summed E-state index contributed by atoms with van der Waals surface area (Å²) in [6.07, 6.45) is 2.36. The van der Waals surface area contributed by atoms with Gasteiger partial charge in [-0.1, -0.05) is 30.3 Å². The number of nitrogens with one attached hydrogen (secondary N) is 2. The molecule has 1 heterocycles. The SMILES string of the molecule is O=C(NCc1ccccc1)c1ccc(NC2CC2)nn1. The van der Waals surface area contributed by atoms with Crippen LogP contribution in [0.5, 0.6) is 0 Å². The summed E-state index contributed by atoms with van der Waals surface area (Å²) in [5.74, 6) is 0.520. The molecule has 2 aromatic rings. The van der Waals surface area contributed by atoms with E-state index in [2.05, 4.69) is 20.8 Å². The predicted octanol–water partition coefficient (Wildman–Crippen LogP) is 1.98. The minimum atomic E-state index is -0.209. The highest BCUT2D eigenvalue weighted by Gasteiger charge is 2.21. The maximum absolute atomic E-state index is 11.9. The van der Waals surface area contributed by atoms with Crippen LogP contribution in [0.3, 0.4) is 0 Å². The molecule has 0 unspecified atom stereocenters. The van der Waals surface area contributed by atoms with Gasteiger partial charge in [0.15, 0.2) is 5.69 Å². The molecule has 0 saturated heterocycles. The molecule has 1 saturated carbocycles. The van der Waals surface area contributed by atoms with Gasteiger partial charge in [0.25, 0.3) is 5.91 Å². The van der Waals surface area contributed by atoms with Gasteiger partial charge in [-0.05, 0) is 30.5 Å². The number of rotatable bonds is 5. The van der Waals surface area contributed by atoms with E-state index in [1.165, 1.54) is 12.8 Å². The summed E-state index contributed by atoms with van der Waals surface area (Å²) in [5.41, 5.74) is 1.39. The van der Waals surface area contributed by atoms with Crippen molar-refractivity contribution in [2.24, 2.45) is 0 Å². The van der Waals surface area contributed by atoms with Gasteiger partial charge in [-0.15, -0.1) is 10.2 Å². The van der Waals surface area contributed by atoms with Crippen LogP contribution in [0.4, 0.5) is 5.82 Å². The van der Waals surface area contributed by atoms with Crippen molar-refractivity contribution in [3.05, 3.63) is 53.7 Å². The van der Waals surface area contributed by atoms with E-state index >= 15 is 0 Å². The van der Waals surface area contributed by atoms with Crippen LogP contribution in [-0.2, 0) is 6.54 Å². The van der Waals surface area contributed by atoms with Crippen molar-refractivity contribution < 1.29 is 4.79 Å². The number of amides is 1. The van der Waals surface area contributed by atoms with Crippen LogP contribution in [0.2, 0.25) is 0 Å². The monoisotopic (exact) mass is 268 g/mol. The second-order valence-electron chi connectivity index (χ2n) is 4.89. The Kier molecular flexibility index (Phi) is 3.58. The van der Waals surface area contributed by atoms with Gasteiger partial charge >= 0.3 is 0 Å². The Bertz CT molecular complexity index is 579. The maximum Gasteiger partial charge on any atom is 0.272 e. The summed E-state index contributed by atoms with van der Waals surface area (Å²) >= 11 is 0. The van der Waals surface area contributed by atoms with Gasteiger partial charge in [0.05, 0.1) is 0 Å². The molecule has 2 N–H and O–H groups in total. The lowest BCUT2D eigenvalue weighted by atomic mass is 10.2. The molecule has 1 aliphatic carbocycles. The van der Waals surface area contributed by atoms with Crippen LogP contribution >= 0.6 is 0 Å². The summed E-state index contributed by atoms with van der Waals surface area (Å²) in [4.78, 5) is 11.9. The maximum atomic E-state index is 11.9. The minimum Gasteiger partial charge on any atom is -0.366 e. The molecule has 1 aromatic carbocycles. The van der Waals surface area contributed by atoms with Crippen LogP contribution in [0, 0.1) is 0 Å². The molecule has 0 radical (unpaired) electrons. The average Bonchev–Trinajstić information content (AvgIpc) is 3.31. The van der Waals surface area contributed by atoms with E-state index in [1.54, 1.807) is 12.1 Å². The van der Waals surface area contributed by atoms with Crippen molar-refractivity contribution in [2.45, 2.75) is 25.4 Å². The molecule has 20 heavy (non-hydrogen) atoms. The van der Waals surface area contributed by atoms with E-state index in [4.69, 9.17) is 0 Å². The Hall–Kier alpha value is -2.43. The largest absolute Gasteiger partial charge is 0.366 e. The Balaban J connectivity index is 1.56. The van der Waals surface area contributed by atoms with Crippen LogP contribution in [-0.4, -0.2) is 22.1 Å². The zero-order chi connectivity index (χ0) is 13.8. The lowest BCUT2D eigenvalue weighted by Gasteiger charge is -2.05. The van der Waals surface area contributed by atoms with Crippen molar-refractivity contribution in [2.75, 3.05) is 5.32 Å². The standard InChI is InChI=1S/C15H16N4O/c20-15(16-10-11-4-2-1-3-5-11)13-8-9-14(19-18-13)17-12-6-7-12/h1-5,8-9,12H,6-7,10H2,(H,16,20)(H,17,19). The van der Waals surface area contributed by atoms with Gasteiger partial charge in [-0.3, -0.25) is 4.79 Å². The van der Waals surface area contributed by atoms with E-state index in [1.807, 2.05) is 30.3 Å². The third-order valence-electron chi connectivity index (χ3n) is 3.12. The molecule has 0 aliphatic heterocycles. The first-order chi connectivity index (χ1) is 9.81. The number of carbonyl (C=O) groups excluding carboxylic acids is 1. The molecule has 1 aromatic heterocycles. The third kappa shape index (κ3) is 3.32. The lowest BCUT2D eigenvalue weighted by Crippen LogP contribution is -2.24. The fourth-order valence-corrected chi connectivity index (χ4v) is 1.84. The van der Waals surface area contributed by atoms with Crippen molar-refractivity contribution in [1.29, 1.82) is 0 Å². The van der Waals surface area contributed by atoms with Gasteiger partial charge in [-0.2, -0.15) is 0 Å². The molecule has 0 atom stereocenters. The number of aromatic nitrogens is 2. The fourth-order valence-electron chi connectivity index (χ4n) is 1.84. The summed E-state index contributed by atoms with van der Waals surface area (Å²) in [6.45, 7) is 0.490. The predicted molar refractivity (Wildman–Crippen MR) is 76.3 cm³/mol. The highest BCUT2D eigenvalue weighted by atomic mass is 16.1. The summed E-state index contributed by atoms with van der Waals surface area (Å²) in [7, 11) is 0. The Morgan fingerprint density at radius 1 is 1.10 bits per heavy atom. The second-order valence-corrected chi connectivity index (χ2v) is 4.89. The highest BCUT2D eigenvalue weighted by Crippen LogP contribution is 2.23.